The van der Waals surface area contributed by atoms with Crippen molar-refractivity contribution in [3.8, 4) is 11.5 Å². The van der Waals surface area contributed by atoms with Crippen LogP contribution in [0.4, 0.5) is 5.69 Å². The average Bonchev–Trinajstić information content (AvgIpc) is 3.16. The number of rotatable bonds is 5. The second-order valence-electron chi connectivity index (χ2n) is 9.97. The number of aromatic nitrogens is 1. The van der Waals surface area contributed by atoms with Gasteiger partial charge in [0.05, 0.1) is 36.8 Å². The number of hydrogen-bond donors (Lipinski definition) is 1. The molecule has 36 heavy (non-hydrogen) atoms. The van der Waals surface area contributed by atoms with E-state index in [2.05, 4.69) is 30.5 Å². The highest BCUT2D eigenvalue weighted by Crippen LogP contribution is 2.36. The molecule has 1 aromatic heterocycles. The summed E-state index contributed by atoms with van der Waals surface area (Å²) in [5, 5.41) is 1.09. The van der Waals surface area contributed by atoms with E-state index in [1.165, 1.54) is 5.56 Å². The van der Waals surface area contributed by atoms with Gasteiger partial charge in [0.1, 0.15) is 0 Å². The van der Waals surface area contributed by atoms with Gasteiger partial charge in [0.25, 0.3) is 5.91 Å². The molecule has 1 fully saturated rings. The van der Waals surface area contributed by atoms with Crippen LogP contribution in [0.1, 0.15) is 54.7 Å². The first kappa shape index (κ1) is 24.4. The number of likely N-dealkylation sites (tertiary alicyclic amines) is 1. The largest absolute Gasteiger partial charge is 0.493 e. The summed E-state index contributed by atoms with van der Waals surface area (Å²) in [4.78, 5) is 20.4. The molecule has 7 nitrogen and oxygen atoms in total. The van der Waals surface area contributed by atoms with Crippen molar-refractivity contribution in [3.05, 3.63) is 53.2 Å². The fraction of sp³-hybridized carbons (Fsp3) is 0.448. The minimum absolute atomic E-state index is 0.0452. The Morgan fingerprint density at radius 2 is 1.89 bits per heavy atom. The van der Waals surface area contributed by atoms with E-state index in [-0.39, 0.29) is 17.9 Å². The number of carbonyl (C=O) groups excluding carboxylic acids is 1. The van der Waals surface area contributed by atoms with E-state index in [0.717, 1.165) is 66.8 Å². The Morgan fingerprint density at radius 1 is 1.11 bits per heavy atom. The molecular formula is C29H36N4O3. The Labute approximate surface area is 212 Å². The SMILES string of the molecule is CCn1c(C2=Nc3cc(C(=O)N4CCC[C@@H](N)C4)ccc3CCC2C)cc2cc(OC)c(OC)cc21. The van der Waals surface area contributed by atoms with Crippen LogP contribution >= 0.6 is 0 Å². The van der Waals surface area contributed by atoms with Crippen LogP contribution < -0.4 is 15.2 Å². The lowest BCUT2D eigenvalue weighted by molar-refractivity contribution is 0.0709. The highest BCUT2D eigenvalue weighted by molar-refractivity contribution is 6.07. The lowest BCUT2D eigenvalue weighted by Crippen LogP contribution is -2.45. The van der Waals surface area contributed by atoms with Gasteiger partial charge < -0.3 is 24.7 Å². The van der Waals surface area contributed by atoms with Gasteiger partial charge in [0.15, 0.2) is 11.5 Å². The van der Waals surface area contributed by atoms with Crippen molar-refractivity contribution in [3.63, 3.8) is 0 Å². The van der Waals surface area contributed by atoms with E-state index < -0.39 is 0 Å². The summed E-state index contributed by atoms with van der Waals surface area (Å²) in [6, 6.07) is 12.3. The number of hydrogen-bond acceptors (Lipinski definition) is 5. The maximum absolute atomic E-state index is 13.3. The number of aliphatic imine (C=N–C) groups is 1. The van der Waals surface area contributed by atoms with E-state index in [9.17, 15) is 4.79 Å². The minimum atomic E-state index is 0.0452. The minimum Gasteiger partial charge on any atom is -0.493 e. The third kappa shape index (κ3) is 4.37. The summed E-state index contributed by atoms with van der Waals surface area (Å²) < 4.78 is 13.4. The van der Waals surface area contributed by atoms with Crippen molar-refractivity contribution in [2.45, 2.75) is 52.1 Å². The van der Waals surface area contributed by atoms with Gasteiger partial charge in [-0.15, -0.1) is 0 Å². The van der Waals surface area contributed by atoms with Gasteiger partial charge in [-0.3, -0.25) is 9.79 Å². The number of carbonyl (C=O) groups is 1. The van der Waals surface area contributed by atoms with Crippen molar-refractivity contribution < 1.29 is 14.3 Å². The highest BCUT2D eigenvalue weighted by Gasteiger charge is 2.26. The molecule has 1 saturated heterocycles. The Hall–Kier alpha value is -3.32. The maximum Gasteiger partial charge on any atom is 0.253 e. The molecule has 2 atom stereocenters. The molecule has 0 aliphatic carbocycles. The number of ether oxygens (including phenoxy) is 2. The number of methoxy groups -OCH3 is 2. The first-order valence-corrected chi connectivity index (χ1v) is 13.0. The third-order valence-corrected chi connectivity index (χ3v) is 7.62. The Morgan fingerprint density at radius 3 is 2.61 bits per heavy atom. The normalized spacial score (nSPS) is 20.0. The monoisotopic (exact) mass is 488 g/mol. The topological polar surface area (TPSA) is 82.1 Å². The summed E-state index contributed by atoms with van der Waals surface area (Å²) >= 11 is 0. The first-order chi connectivity index (χ1) is 17.4. The summed E-state index contributed by atoms with van der Waals surface area (Å²) in [5.41, 5.74) is 12.1. The number of nitrogens with zero attached hydrogens (tertiary/aromatic N) is 3. The van der Waals surface area contributed by atoms with Crippen LogP contribution in [0.25, 0.3) is 10.9 Å². The number of piperidine rings is 1. The fourth-order valence-electron chi connectivity index (χ4n) is 5.59. The van der Waals surface area contributed by atoms with Crippen LogP contribution in [0.5, 0.6) is 11.5 Å². The van der Waals surface area contributed by atoms with Crippen LogP contribution in [0, 0.1) is 5.92 Å². The zero-order valence-corrected chi connectivity index (χ0v) is 21.7. The van der Waals surface area contributed by atoms with Gasteiger partial charge in [-0.2, -0.15) is 0 Å². The quantitative estimate of drug-likeness (QED) is 0.551. The molecule has 190 valence electrons. The fourth-order valence-corrected chi connectivity index (χ4v) is 5.59. The van der Waals surface area contributed by atoms with Gasteiger partial charge in [0, 0.05) is 48.6 Å². The van der Waals surface area contributed by atoms with Gasteiger partial charge in [-0.05, 0) is 62.4 Å². The van der Waals surface area contributed by atoms with Crippen molar-refractivity contribution in [2.75, 3.05) is 27.3 Å². The molecule has 2 aromatic carbocycles. The number of nitrogens with two attached hydrogens (primary N) is 1. The maximum atomic E-state index is 13.3. The van der Waals surface area contributed by atoms with E-state index in [1.807, 2.05) is 29.2 Å². The molecule has 0 spiro atoms. The molecule has 2 N–H and O–H groups in total. The molecule has 0 bridgehead atoms. The molecule has 0 saturated carbocycles. The Bertz CT molecular complexity index is 1330. The zero-order valence-electron chi connectivity index (χ0n) is 21.7. The summed E-state index contributed by atoms with van der Waals surface area (Å²) in [7, 11) is 3.32. The van der Waals surface area contributed by atoms with Gasteiger partial charge in [0.2, 0.25) is 0 Å². The van der Waals surface area contributed by atoms with Gasteiger partial charge >= 0.3 is 0 Å². The standard InChI is InChI=1S/C29H36N4O3/c1-5-33-24-16-27(36-4)26(35-3)15-21(24)14-25(33)28-18(2)8-9-19-10-11-20(13-23(19)31-28)29(34)32-12-6-7-22(30)17-32/h10-11,13-16,18,22H,5-9,12,17,30H2,1-4H3/t18?,22-/m1/s1. The van der Waals surface area contributed by atoms with Crippen LogP contribution in [-0.4, -0.2) is 54.4 Å². The second kappa shape index (κ2) is 9.97. The molecule has 1 amide bonds. The molecule has 2 aliphatic rings. The summed E-state index contributed by atoms with van der Waals surface area (Å²) in [6.45, 7) is 6.57. The molecular weight excluding hydrogens is 452 g/mol. The molecule has 3 heterocycles. The summed E-state index contributed by atoms with van der Waals surface area (Å²) in [6.07, 6.45) is 3.86. The molecule has 2 aliphatic heterocycles. The van der Waals surface area contributed by atoms with Crippen LogP contribution in [0.3, 0.4) is 0 Å². The van der Waals surface area contributed by atoms with E-state index in [1.54, 1.807) is 14.2 Å². The number of fused-ring (bicyclic) bond motifs is 2. The third-order valence-electron chi connectivity index (χ3n) is 7.62. The smallest absolute Gasteiger partial charge is 0.253 e. The molecule has 1 unspecified atom stereocenters. The van der Waals surface area contributed by atoms with Crippen molar-refractivity contribution in [2.24, 2.45) is 16.6 Å². The first-order valence-electron chi connectivity index (χ1n) is 13.0. The average molecular weight is 489 g/mol. The molecule has 5 rings (SSSR count). The predicted octanol–water partition coefficient (Wildman–Crippen LogP) is 4.94. The second-order valence-corrected chi connectivity index (χ2v) is 9.97. The Balaban J connectivity index is 1.58. The van der Waals surface area contributed by atoms with Crippen molar-refractivity contribution in [1.29, 1.82) is 0 Å². The van der Waals surface area contributed by atoms with Gasteiger partial charge in [-0.1, -0.05) is 13.0 Å². The lowest BCUT2D eigenvalue weighted by Gasteiger charge is -2.31. The summed E-state index contributed by atoms with van der Waals surface area (Å²) in [5.74, 6) is 1.75. The van der Waals surface area contributed by atoms with E-state index in [0.29, 0.717) is 23.6 Å². The molecule has 7 heteroatoms. The van der Waals surface area contributed by atoms with Crippen molar-refractivity contribution in [1.82, 2.24) is 9.47 Å². The predicted molar refractivity (Wildman–Crippen MR) is 144 cm³/mol. The lowest BCUT2D eigenvalue weighted by atomic mass is 9.96. The van der Waals surface area contributed by atoms with E-state index in [4.69, 9.17) is 20.2 Å². The zero-order chi connectivity index (χ0) is 25.4. The van der Waals surface area contributed by atoms with Gasteiger partial charge in [-0.25, -0.2) is 0 Å². The van der Waals surface area contributed by atoms with Crippen molar-refractivity contribution >= 4 is 28.2 Å². The highest BCUT2D eigenvalue weighted by atomic mass is 16.5. The van der Waals surface area contributed by atoms with Crippen LogP contribution in [-0.2, 0) is 13.0 Å². The number of benzene rings is 2. The number of amides is 1. The van der Waals surface area contributed by atoms with Crippen LogP contribution in [0.15, 0.2) is 41.4 Å². The van der Waals surface area contributed by atoms with Crippen LogP contribution in [0.2, 0.25) is 0 Å². The number of aryl methyl sites for hydroxylation is 2. The Kier molecular flexibility index (Phi) is 6.75. The van der Waals surface area contributed by atoms with E-state index >= 15 is 0 Å². The molecule has 0 radical (unpaired) electrons. The molecule has 3 aromatic rings.